The molecule has 0 saturated carbocycles. The number of nitrogens with zero attached hydrogens (tertiary/aromatic N) is 2. The van der Waals surface area contributed by atoms with Crippen molar-refractivity contribution in [1.29, 1.82) is 0 Å². The van der Waals surface area contributed by atoms with Crippen molar-refractivity contribution in [3.63, 3.8) is 0 Å². The van der Waals surface area contributed by atoms with Crippen LogP contribution in [0.5, 0.6) is 0 Å². The van der Waals surface area contributed by atoms with Crippen LogP contribution in [0.2, 0.25) is 0 Å². The first-order chi connectivity index (χ1) is 15.4. The summed E-state index contributed by atoms with van der Waals surface area (Å²) in [6.45, 7) is 7.47. The number of anilines is 1. The van der Waals surface area contributed by atoms with Gasteiger partial charge < -0.3 is 10.2 Å². The Balaban J connectivity index is 1.68. The van der Waals surface area contributed by atoms with Gasteiger partial charge in [-0.1, -0.05) is 57.2 Å². The number of rotatable bonds is 8. The molecule has 0 aliphatic carbocycles. The Kier molecular flexibility index (Phi) is 7.47. The van der Waals surface area contributed by atoms with Gasteiger partial charge in [0, 0.05) is 26.1 Å². The summed E-state index contributed by atoms with van der Waals surface area (Å²) in [6, 6.07) is 14.9. The fourth-order valence-corrected chi connectivity index (χ4v) is 4.73. The fourth-order valence-electron chi connectivity index (χ4n) is 3.87. The molecule has 0 atom stereocenters. The average molecular weight is 472 g/mol. The minimum absolute atomic E-state index is 0.0566. The number of hydrogen-bond donors (Lipinski definition) is 1. The zero-order valence-electron chi connectivity index (χ0n) is 19.8. The van der Waals surface area contributed by atoms with Crippen molar-refractivity contribution < 1.29 is 18.0 Å². The van der Waals surface area contributed by atoms with Gasteiger partial charge >= 0.3 is 0 Å². The molecule has 8 heteroatoms. The first-order valence-electron chi connectivity index (χ1n) is 11.1. The highest BCUT2D eigenvalue weighted by molar-refractivity contribution is 7.92. The monoisotopic (exact) mass is 471 g/mol. The molecule has 1 N–H and O–H groups in total. The molecule has 7 nitrogen and oxygen atoms in total. The van der Waals surface area contributed by atoms with Crippen molar-refractivity contribution >= 4 is 27.5 Å². The van der Waals surface area contributed by atoms with Gasteiger partial charge in [0.2, 0.25) is 21.8 Å². The van der Waals surface area contributed by atoms with Gasteiger partial charge in [-0.05, 0) is 40.7 Å². The van der Waals surface area contributed by atoms with Gasteiger partial charge in [-0.25, -0.2) is 8.42 Å². The molecule has 2 amide bonds. The summed E-state index contributed by atoms with van der Waals surface area (Å²) in [5.41, 5.74) is 3.36. The molecule has 0 radical (unpaired) electrons. The van der Waals surface area contributed by atoms with Crippen LogP contribution in [0.4, 0.5) is 5.69 Å². The Morgan fingerprint density at radius 3 is 2.24 bits per heavy atom. The first kappa shape index (κ1) is 24.8. The van der Waals surface area contributed by atoms with Crippen LogP contribution in [-0.2, 0) is 38.1 Å². The van der Waals surface area contributed by atoms with Crippen molar-refractivity contribution in [3.8, 4) is 0 Å². The molecule has 1 aliphatic rings. The summed E-state index contributed by atoms with van der Waals surface area (Å²) in [5, 5.41) is 2.83. The van der Waals surface area contributed by atoms with E-state index < -0.39 is 15.9 Å². The molecule has 0 aromatic heterocycles. The topological polar surface area (TPSA) is 86.8 Å². The summed E-state index contributed by atoms with van der Waals surface area (Å²) >= 11 is 0. The summed E-state index contributed by atoms with van der Waals surface area (Å²) in [4.78, 5) is 26.5. The molecule has 3 rings (SSSR count). The smallest absolute Gasteiger partial charge is 0.241 e. The predicted molar refractivity (Wildman–Crippen MR) is 130 cm³/mol. The molecular formula is C25H33N3O4S. The van der Waals surface area contributed by atoms with Crippen LogP contribution in [0, 0.1) is 0 Å². The van der Waals surface area contributed by atoms with Crippen molar-refractivity contribution in [2.24, 2.45) is 0 Å². The van der Waals surface area contributed by atoms with Gasteiger partial charge in [0.25, 0.3) is 0 Å². The number of nitrogens with one attached hydrogen (secondary N) is 1. The van der Waals surface area contributed by atoms with Crippen LogP contribution >= 0.6 is 0 Å². The lowest BCUT2D eigenvalue weighted by atomic mass is 9.87. The Morgan fingerprint density at radius 2 is 1.70 bits per heavy atom. The van der Waals surface area contributed by atoms with E-state index in [0.29, 0.717) is 18.7 Å². The molecule has 0 spiro atoms. The van der Waals surface area contributed by atoms with E-state index >= 15 is 0 Å². The van der Waals surface area contributed by atoms with Gasteiger partial charge in [-0.15, -0.1) is 0 Å². The number of amides is 2. The zero-order chi connectivity index (χ0) is 24.2. The maximum atomic E-state index is 12.7. The van der Waals surface area contributed by atoms with Crippen molar-refractivity contribution in [2.75, 3.05) is 23.7 Å². The van der Waals surface area contributed by atoms with E-state index in [1.165, 1.54) is 0 Å². The Labute approximate surface area is 196 Å². The maximum Gasteiger partial charge on any atom is 0.241 e. The van der Waals surface area contributed by atoms with Crippen LogP contribution < -0.4 is 9.62 Å². The number of hydrogen-bond acceptors (Lipinski definition) is 4. The highest BCUT2D eigenvalue weighted by atomic mass is 32.2. The molecular weight excluding hydrogens is 438 g/mol. The molecule has 0 unspecified atom stereocenters. The van der Waals surface area contributed by atoms with Crippen LogP contribution in [0.25, 0.3) is 0 Å². The second-order valence-corrected chi connectivity index (χ2v) is 11.4. The molecule has 1 heterocycles. The quantitative estimate of drug-likeness (QED) is 0.641. The van der Waals surface area contributed by atoms with Crippen molar-refractivity contribution in [3.05, 3.63) is 65.2 Å². The number of likely N-dealkylation sites (tertiary alicyclic amines) is 1. The van der Waals surface area contributed by atoms with Crippen LogP contribution in [0.15, 0.2) is 48.5 Å². The second kappa shape index (κ2) is 9.95. The van der Waals surface area contributed by atoms with E-state index in [2.05, 4.69) is 26.1 Å². The van der Waals surface area contributed by atoms with Crippen LogP contribution in [-0.4, -0.2) is 44.5 Å². The van der Waals surface area contributed by atoms with E-state index in [9.17, 15) is 18.0 Å². The van der Waals surface area contributed by atoms with Gasteiger partial charge in [0.05, 0.1) is 11.9 Å². The zero-order valence-corrected chi connectivity index (χ0v) is 20.6. The normalized spacial score (nSPS) is 14.4. The predicted octanol–water partition coefficient (Wildman–Crippen LogP) is 3.19. The number of carbonyl (C=O) groups is 2. The number of carbonyl (C=O) groups excluding carboxylic acids is 2. The van der Waals surface area contributed by atoms with E-state index in [0.717, 1.165) is 40.2 Å². The lowest BCUT2D eigenvalue weighted by molar-refractivity contribution is -0.128. The lowest BCUT2D eigenvalue weighted by Crippen LogP contribution is -2.40. The lowest BCUT2D eigenvalue weighted by Gasteiger charge is -2.24. The summed E-state index contributed by atoms with van der Waals surface area (Å²) in [6.07, 6.45) is 2.55. The Bertz CT molecular complexity index is 1110. The highest BCUT2D eigenvalue weighted by Gasteiger charge is 2.23. The van der Waals surface area contributed by atoms with E-state index in [1.54, 1.807) is 12.1 Å². The first-order valence-corrected chi connectivity index (χ1v) is 13.0. The molecule has 178 valence electrons. The van der Waals surface area contributed by atoms with Gasteiger partial charge in [-0.2, -0.15) is 0 Å². The van der Waals surface area contributed by atoms with Gasteiger partial charge in [0.15, 0.2) is 0 Å². The third-order valence-corrected chi connectivity index (χ3v) is 6.98. The Morgan fingerprint density at radius 1 is 1.06 bits per heavy atom. The standard InChI is InChI=1S/C25H33N3O4S/c1-25(2,3)21-11-13-22(14-12-21)28(33(4,31)32)18-23(29)26-16-19-8-5-6-9-20(19)17-27-15-7-10-24(27)30/h5-6,8-9,11-14H,7,10,15-18H2,1-4H3,(H,26,29). The van der Waals surface area contributed by atoms with Gasteiger partial charge in [-0.3, -0.25) is 13.9 Å². The third-order valence-electron chi connectivity index (χ3n) is 5.84. The number of sulfonamides is 1. The van der Waals surface area contributed by atoms with Crippen LogP contribution in [0.3, 0.4) is 0 Å². The molecule has 2 aromatic carbocycles. The SMILES string of the molecule is CC(C)(C)c1ccc(N(CC(=O)NCc2ccccc2CN2CCCC2=O)S(C)(=O)=O)cc1. The Hall–Kier alpha value is -2.87. The van der Waals surface area contributed by atoms with Gasteiger partial charge in [0.1, 0.15) is 6.54 Å². The summed E-state index contributed by atoms with van der Waals surface area (Å²) in [7, 11) is -3.65. The summed E-state index contributed by atoms with van der Waals surface area (Å²) in [5.74, 6) is -0.248. The third kappa shape index (κ3) is 6.57. The minimum atomic E-state index is -3.65. The average Bonchev–Trinajstić information content (AvgIpc) is 3.14. The fraction of sp³-hybridized carbons (Fsp3) is 0.440. The molecule has 1 aliphatic heterocycles. The highest BCUT2D eigenvalue weighted by Crippen LogP contribution is 2.26. The molecule has 33 heavy (non-hydrogen) atoms. The van der Waals surface area contributed by atoms with E-state index in [1.807, 2.05) is 41.3 Å². The van der Waals surface area contributed by atoms with Crippen molar-refractivity contribution in [1.82, 2.24) is 10.2 Å². The minimum Gasteiger partial charge on any atom is -0.350 e. The second-order valence-electron chi connectivity index (χ2n) is 9.53. The van der Waals surface area contributed by atoms with Crippen LogP contribution in [0.1, 0.15) is 50.3 Å². The maximum absolute atomic E-state index is 12.7. The van der Waals surface area contributed by atoms with E-state index in [-0.39, 0.29) is 24.4 Å². The summed E-state index contributed by atoms with van der Waals surface area (Å²) < 4.78 is 25.9. The van der Waals surface area contributed by atoms with E-state index in [4.69, 9.17) is 0 Å². The molecule has 1 saturated heterocycles. The van der Waals surface area contributed by atoms with Crippen molar-refractivity contribution in [2.45, 2.75) is 52.1 Å². The largest absolute Gasteiger partial charge is 0.350 e. The molecule has 2 aromatic rings. The molecule has 1 fully saturated rings. The number of benzene rings is 2. The molecule has 0 bridgehead atoms.